The summed E-state index contributed by atoms with van der Waals surface area (Å²) in [6, 6.07) is 23.5. The second-order valence-corrected chi connectivity index (χ2v) is 12.2. The number of anilines is 1. The fraction of sp³-hybridized carbons (Fsp3) is 0.270. The van der Waals surface area contributed by atoms with Crippen LogP contribution in [-0.2, 0) is 20.7 Å². The summed E-state index contributed by atoms with van der Waals surface area (Å²) in [4.78, 5) is 43.2. The van der Waals surface area contributed by atoms with Gasteiger partial charge in [0.1, 0.15) is 23.4 Å². The Hall–Kier alpha value is -5.11. The van der Waals surface area contributed by atoms with Crippen LogP contribution < -0.4 is 10.6 Å². The Morgan fingerprint density at radius 2 is 1.62 bits per heavy atom. The number of amides is 3. The molecule has 2 atom stereocenters. The summed E-state index contributed by atoms with van der Waals surface area (Å²) < 4.78 is 5.49. The molecule has 0 saturated heterocycles. The number of alkyl carbamates (subject to hydrolysis) is 1. The largest absolute Gasteiger partial charge is 0.508 e. The third-order valence-electron chi connectivity index (χ3n) is 7.27. The van der Waals surface area contributed by atoms with E-state index in [2.05, 4.69) is 17.2 Å². The van der Waals surface area contributed by atoms with E-state index >= 15 is 0 Å². The normalized spacial score (nSPS) is 12.6. The molecule has 0 bridgehead atoms. The average molecular weight is 608 g/mol. The second kappa shape index (κ2) is 14.1. The highest BCUT2D eigenvalue weighted by molar-refractivity contribution is 6.00. The van der Waals surface area contributed by atoms with E-state index in [4.69, 9.17) is 4.74 Å². The van der Waals surface area contributed by atoms with Gasteiger partial charge in [-0.2, -0.15) is 0 Å². The van der Waals surface area contributed by atoms with Crippen molar-refractivity contribution in [3.8, 4) is 5.75 Å². The number of hydrogen-bond donors (Lipinski definition) is 3. The van der Waals surface area contributed by atoms with Crippen LogP contribution in [0.5, 0.6) is 5.75 Å². The lowest BCUT2D eigenvalue weighted by atomic mass is 9.95. The number of nitrogens with one attached hydrogen (secondary N) is 2. The number of fused-ring (bicyclic) bond motifs is 1. The summed E-state index contributed by atoms with van der Waals surface area (Å²) in [5.74, 6) is -0.823. The van der Waals surface area contributed by atoms with E-state index in [-0.39, 0.29) is 18.7 Å². The maximum absolute atomic E-state index is 14.5. The van der Waals surface area contributed by atoms with E-state index < -0.39 is 35.6 Å². The Morgan fingerprint density at radius 3 is 2.27 bits per heavy atom. The monoisotopic (exact) mass is 607 g/mol. The van der Waals surface area contributed by atoms with Gasteiger partial charge in [0, 0.05) is 18.7 Å². The molecule has 0 aliphatic heterocycles. The number of rotatable bonds is 10. The molecule has 0 aliphatic carbocycles. The highest BCUT2D eigenvalue weighted by Crippen LogP contribution is 2.29. The number of phenols is 1. The molecule has 8 heteroatoms. The van der Waals surface area contributed by atoms with Crippen LogP contribution in [-0.4, -0.2) is 46.1 Å². The standard InChI is InChI=1S/C37H41N3O5/c1-7-20-40(35(43)32(39-36(44)45-37(4,5)6)22-26-13-17-30(41)18-14-26)33(31-19-12-24(2)21-25(31)3)34(42)38-29-16-15-27-10-8-9-11-28(27)23-29/h7-19,21,23,32-33,41H,1,20,22H2,2-6H3,(H,38,42)(H,39,44). The number of aryl methyl sites for hydroxylation is 2. The summed E-state index contributed by atoms with van der Waals surface area (Å²) in [5, 5.41) is 17.6. The number of phenolic OH excluding ortho intramolecular Hbond substituents is 1. The quantitative estimate of drug-likeness (QED) is 0.168. The average Bonchev–Trinajstić information content (AvgIpc) is 2.97. The smallest absolute Gasteiger partial charge is 0.408 e. The third-order valence-corrected chi connectivity index (χ3v) is 7.27. The number of benzene rings is 4. The number of aromatic hydroxyl groups is 1. The molecule has 0 heterocycles. The van der Waals surface area contributed by atoms with Crippen LogP contribution in [0, 0.1) is 13.8 Å². The first kappa shape index (κ1) is 32.8. The van der Waals surface area contributed by atoms with Crippen LogP contribution in [0.2, 0.25) is 0 Å². The van der Waals surface area contributed by atoms with Crippen molar-refractivity contribution < 1.29 is 24.2 Å². The van der Waals surface area contributed by atoms with Gasteiger partial charge in [-0.1, -0.05) is 72.3 Å². The Balaban J connectivity index is 1.76. The molecule has 3 amide bonds. The number of nitrogens with zero attached hydrogens (tertiary/aromatic N) is 1. The zero-order valence-corrected chi connectivity index (χ0v) is 26.5. The molecule has 45 heavy (non-hydrogen) atoms. The molecule has 4 aromatic carbocycles. The van der Waals surface area contributed by atoms with Gasteiger partial charge in [-0.05, 0) is 86.3 Å². The molecule has 2 unspecified atom stereocenters. The van der Waals surface area contributed by atoms with Crippen molar-refractivity contribution in [1.29, 1.82) is 0 Å². The first-order valence-corrected chi connectivity index (χ1v) is 14.9. The second-order valence-electron chi connectivity index (χ2n) is 12.2. The van der Waals surface area contributed by atoms with E-state index in [1.807, 2.05) is 74.5 Å². The van der Waals surface area contributed by atoms with Crippen molar-refractivity contribution in [2.45, 2.75) is 58.7 Å². The minimum Gasteiger partial charge on any atom is -0.508 e. The van der Waals surface area contributed by atoms with Gasteiger partial charge in [0.15, 0.2) is 0 Å². The lowest BCUT2D eigenvalue weighted by molar-refractivity contribution is -0.140. The fourth-order valence-corrected chi connectivity index (χ4v) is 5.24. The zero-order chi connectivity index (χ0) is 32.7. The first-order chi connectivity index (χ1) is 21.3. The Morgan fingerprint density at radius 1 is 0.933 bits per heavy atom. The molecule has 234 valence electrons. The molecule has 0 fully saturated rings. The molecule has 0 aliphatic rings. The van der Waals surface area contributed by atoms with Crippen molar-refractivity contribution in [1.82, 2.24) is 10.2 Å². The van der Waals surface area contributed by atoms with Crippen molar-refractivity contribution in [3.63, 3.8) is 0 Å². The molecule has 8 nitrogen and oxygen atoms in total. The molecule has 0 radical (unpaired) electrons. The van der Waals surface area contributed by atoms with Crippen LogP contribution in [0.1, 0.15) is 49.1 Å². The number of carbonyl (C=O) groups excluding carboxylic acids is 3. The van der Waals surface area contributed by atoms with Gasteiger partial charge in [-0.3, -0.25) is 9.59 Å². The molecule has 0 spiro atoms. The van der Waals surface area contributed by atoms with E-state index in [0.29, 0.717) is 16.8 Å². The van der Waals surface area contributed by atoms with Crippen molar-refractivity contribution in [2.75, 3.05) is 11.9 Å². The number of carbonyl (C=O) groups is 3. The van der Waals surface area contributed by atoms with Gasteiger partial charge in [0.25, 0.3) is 5.91 Å². The van der Waals surface area contributed by atoms with Gasteiger partial charge >= 0.3 is 6.09 Å². The van der Waals surface area contributed by atoms with E-state index in [1.54, 1.807) is 39.0 Å². The number of hydrogen-bond acceptors (Lipinski definition) is 5. The highest BCUT2D eigenvalue weighted by atomic mass is 16.6. The Bertz CT molecular complexity index is 1690. The number of ether oxygens (including phenoxy) is 1. The topological polar surface area (TPSA) is 108 Å². The van der Waals surface area contributed by atoms with Gasteiger partial charge in [0.2, 0.25) is 5.91 Å². The zero-order valence-electron chi connectivity index (χ0n) is 26.5. The Kier molecular flexibility index (Phi) is 10.3. The van der Waals surface area contributed by atoms with Crippen LogP contribution in [0.15, 0.2) is 97.6 Å². The van der Waals surface area contributed by atoms with Crippen LogP contribution in [0.3, 0.4) is 0 Å². The summed E-state index contributed by atoms with van der Waals surface area (Å²) in [6.07, 6.45) is 0.891. The maximum Gasteiger partial charge on any atom is 0.408 e. The molecule has 0 aromatic heterocycles. The Labute approximate surface area is 264 Å². The first-order valence-electron chi connectivity index (χ1n) is 14.9. The van der Waals surface area contributed by atoms with Gasteiger partial charge < -0.3 is 25.4 Å². The van der Waals surface area contributed by atoms with Gasteiger partial charge in [-0.15, -0.1) is 6.58 Å². The summed E-state index contributed by atoms with van der Waals surface area (Å²) in [5.41, 5.74) is 3.00. The van der Waals surface area contributed by atoms with Crippen LogP contribution in [0.25, 0.3) is 10.8 Å². The minimum absolute atomic E-state index is 0.0318. The minimum atomic E-state index is -1.09. The van der Waals surface area contributed by atoms with E-state index in [9.17, 15) is 19.5 Å². The van der Waals surface area contributed by atoms with Crippen molar-refractivity contribution >= 4 is 34.4 Å². The predicted molar refractivity (Wildman–Crippen MR) is 178 cm³/mol. The summed E-state index contributed by atoms with van der Waals surface area (Å²) in [7, 11) is 0. The fourth-order valence-electron chi connectivity index (χ4n) is 5.24. The summed E-state index contributed by atoms with van der Waals surface area (Å²) in [6.45, 7) is 13.0. The summed E-state index contributed by atoms with van der Waals surface area (Å²) >= 11 is 0. The molecule has 4 rings (SSSR count). The third kappa shape index (κ3) is 8.72. The predicted octanol–water partition coefficient (Wildman–Crippen LogP) is 6.99. The van der Waals surface area contributed by atoms with Crippen LogP contribution in [0.4, 0.5) is 10.5 Å². The molecular formula is C37H41N3O5. The van der Waals surface area contributed by atoms with E-state index in [1.165, 1.54) is 17.0 Å². The van der Waals surface area contributed by atoms with Crippen molar-refractivity contribution in [2.24, 2.45) is 0 Å². The maximum atomic E-state index is 14.5. The van der Waals surface area contributed by atoms with Crippen molar-refractivity contribution in [3.05, 3.63) is 120 Å². The lowest BCUT2D eigenvalue weighted by Crippen LogP contribution is -2.53. The van der Waals surface area contributed by atoms with Gasteiger partial charge in [0.05, 0.1) is 0 Å². The molecular weight excluding hydrogens is 566 g/mol. The molecule has 4 aromatic rings. The molecule has 3 N–H and O–H groups in total. The van der Waals surface area contributed by atoms with Gasteiger partial charge in [-0.25, -0.2) is 4.79 Å². The van der Waals surface area contributed by atoms with Crippen LogP contribution >= 0.6 is 0 Å². The lowest BCUT2D eigenvalue weighted by Gasteiger charge is -2.34. The van der Waals surface area contributed by atoms with E-state index in [0.717, 1.165) is 21.9 Å². The highest BCUT2D eigenvalue weighted by Gasteiger charge is 2.36. The molecule has 0 saturated carbocycles. The SMILES string of the molecule is C=CCN(C(=O)C(Cc1ccc(O)cc1)NC(=O)OC(C)(C)C)C(C(=O)Nc1ccc2ccccc2c1)c1ccc(C)cc1C.